The van der Waals surface area contributed by atoms with Crippen LogP contribution in [0, 0.1) is 0 Å². The first-order valence-corrected chi connectivity index (χ1v) is 7.44. The summed E-state index contributed by atoms with van der Waals surface area (Å²) in [5.41, 5.74) is 2.07. The van der Waals surface area contributed by atoms with Gasteiger partial charge in [-0.05, 0) is 24.3 Å². The number of carbonyl (C=O) groups is 1. The SMILES string of the molecule is O=C(NCCNc1ccnc2cc(Cl)ccc12)c1cnccn1. The molecular weight excluding hydrogens is 314 g/mol. The number of halogens is 1. The van der Waals surface area contributed by atoms with Crippen LogP contribution < -0.4 is 10.6 Å². The molecule has 0 saturated heterocycles. The van der Waals surface area contributed by atoms with E-state index in [0.717, 1.165) is 16.6 Å². The van der Waals surface area contributed by atoms with E-state index in [0.29, 0.717) is 23.8 Å². The standard InChI is InChI=1S/C16H14ClN5O/c17-11-1-2-12-13(3-4-19-14(12)9-11)20-7-8-22-16(23)15-10-18-5-6-21-15/h1-6,9-10H,7-8H2,(H,19,20)(H,22,23). The molecule has 0 aliphatic heterocycles. The molecule has 7 heteroatoms. The third kappa shape index (κ3) is 3.73. The summed E-state index contributed by atoms with van der Waals surface area (Å²) < 4.78 is 0. The summed E-state index contributed by atoms with van der Waals surface area (Å²) in [6, 6.07) is 7.45. The van der Waals surface area contributed by atoms with Crippen LogP contribution in [-0.4, -0.2) is 33.9 Å². The van der Waals surface area contributed by atoms with Crippen molar-refractivity contribution in [1.29, 1.82) is 0 Å². The van der Waals surface area contributed by atoms with E-state index in [9.17, 15) is 4.79 Å². The van der Waals surface area contributed by atoms with Crippen LogP contribution in [0.3, 0.4) is 0 Å². The van der Waals surface area contributed by atoms with Gasteiger partial charge in [0, 0.05) is 47.8 Å². The number of nitrogens with one attached hydrogen (secondary N) is 2. The van der Waals surface area contributed by atoms with Gasteiger partial charge in [0.25, 0.3) is 5.91 Å². The number of hydrogen-bond acceptors (Lipinski definition) is 5. The number of aromatic nitrogens is 3. The van der Waals surface area contributed by atoms with Gasteiger partial charge in [-0.15, -0.1) is 0 Å². The fourth-order valence-electron chi connectivity index (χ4n) is 2.16. The summed E-state index contributed by atoms with van der Waals surface area (Å²) >= 11 is 5.97. The molecule has 0 atom stereocenters. The number of anilines is 1. The van der Waals surface area contributed by atoms with Crippen LogP contribution in [0.25, 0.3) is 10.9 Å². The molecule has 1 aromatic carbocycles. The van der Waals surface area contributed by atoms with Crippen molar-refractivity contribution >= 4 is 34.1 Å². The lowest BCUT2D eigenvalue weighted by Gasteiger charge is -2.10. The number of benzene rings is 1. The average molecular weight is 328 g/mol. The Morgan fingerprint density at radius 3 is 2.83 bits per heavy atom. The number of pyridine rings is 1. The van der Waals surface area contributed by atoms with Gasteiger partial charge in [0.15, 0.2) is 0 Å². The van der Waals surface area contributed by atoms with Gasteiger partial charge in [-0.1, -0.05) is 11.6 Å². The molecule has 0 aliphatic rings. The van der Waals surface area contributed by atoms with Gasteiger partial charge in [0.2, 0.25) is 0 Å². The van der Waals surface area contributed by atoms with Crippen LogP contribution >= 0.6 is 11.6 Å². The maximum atomic E-state index is 11.8. The molecule has 1 amide bonds. The number of fused-ring (bicyclic) bond motifs is 1. The van der Waals surface area contributed by atoms with Crippen LogP contribution in [0.1, 0.15) is 10.5 Å². The van der Waals surface area contributed by atoms with E-state index in [1.807, 2.05) is 24.3 Å². The summed E-state index contributed by atoms with van der Waals surface area (Å²) in [7, 11) is 0. The second-order valence-electron chi connectivity index (χ2n) is 4.79. The van der Waals surface area contributed by atoms with Crippen LogP contribution in [0.15, 0.2) is 49.1 Å². The van der Waals surface area contributed by atoms with Crippen molar-refractivity contribution in [1.82, 2.24) is 20.3 Å². The second-order valence-corrected chi connectivity index (χ2v) is 5.23. The Morgan fingerprint density at radius 2 is 2.00 bits per heavy atom. The first-order chi connectivity index (χ1) is 11.2. The van der Waals surface area contributed by atoms with Gasteiger partial charge in [0.05, 0.1) is 11.7 Å². The van der Waals surface area contributed by atoms with E-state index in [1.54, 1.807) is 6.20 Å². The molecule has 2 aromatic heterocycles. The molecule has 6 nitrogen and oxygen atoms in total. The molecule has 2 N–H and O–H groups in total. The van der Waals surface area contributed by atoms with Crippen molar-refractivity contribution in [2.24, 2.45) is 0 Å². The van der Waals surface area contributed by atoms with Gasteiger partial charge in [0.1, 0.15) is 5.69 Å². The minimum Gasteiger partial charge on any atom is -0.383 e. The van der Waals surface area contributed by atoms with Gasteiger partial charge >= 0.3 is 0 Å². The minimum atomic E-state index is -0.244. The zero-order valence-electron chi connectivity index (χ0n) is 12.2. The number of hydrogen-bond donors (Lipinski definition) is 2. The number of nitrogens with zero attached hydrogens (tertiary/aromatic N) is 3. The van der Waals surface area contributed by atoms with Crippen molar-refractivity contribution < 1.29 is 4.79 Å². The van der Waals surface area contributed by atoms with Gasteiger partial charge in [-0.2, -0.15) is 0 Å². The van der Waals surface area contributed by atoms with E-state index >= 15 is 0 Å². The Hall–Kier alpha value is -2.73. The maximum Gasteiger partial charge on any atom is 0.271 e. The molecule has 0 bridgehead atoms. The summed E-state index contributed by atoms with van der Waals surface area (Å²) in [4.78, 5) is 23.9. The average Bonchev–Trinajstić information content (AvgIpc) is 2.59. The van der Waals surface area contributed by atoms with E-state index in [1.165, 1.54) is 18.6 Å². The summed E-state index contributed by atoms with van der Waals surface area (Å²) in [6.07, 6.45) is 6.17. The molecular formula is C16H14ClN5O. The Balaban J connectivity index is 1.58. The molecule has 0 aliphatic carbocycles. The normalized spacial score (nSPS) is 10.5. The molecule has 116 valence electrons. The van der Waals surface area contributed by atoms with Crippen molar-refractivity contribution in [3.8, 4) is 0 Å². The number of amides is 1. The van der Waals surface area contributed by atoms with Crippen LogP contribution in [0.4, 0.5) is 5.69 Å². The third-order valence-corrected chi connectivity index (χ3v) is 3.46. The Morgan fingerprint density at radius 1 is 1.09 bits per heavy atom. The van der Waals surface area contributed by atoms with Crippen molar-refractivity contribution in [3.05, 3.63) is 59.8 Å². The lowest BCUT2D eigenvalue weighted by molar-refractivity contribution is 0.0950. The lowest BCUT2D eigenvalue weighted by Crippen LogP contribution is -2.29. The van der Waals surface area contributed by atoms with Crippen molar-refractivity contribution in [3.63, 3.8) is 0 Å². The molecule has 0 unspecified atom stereocenters. The van der Waals surface area contributed by atoms with Crippen molar-refractivity contribution in [2.45, 2.75) is 0 Å². The molecule has 0 radical (unpaired) electrons. The minimum absolute atomic E-state index is 0.244. The third-order valence-electron chi connectivity index (χ3n) is 3.23. The quantitative estimate of drug-likeness (QED) is 0.704. The van der Waals surface area contributed by atoms with Gasteiger partial charge in [-0.25, -0.2) is 4.98 Å². The highest BCUT2D eigenvalue weighted by molar-refractivity contribution is 6.31. The first kappa shape index (κ1) is 15.2. The summed E-state index contributed by atoms with van der Waals surface area (Å²) in [5.74, 6) is -0.244. The Labute approximate surface area is 137 Å². The summed E-state index contributed by atoms with van der Waals surface area (Å²) in [5, 5.41) is 7.70. The maximum absolute atomic E-state index is 11.8. The smallest absolute Gasteiger partial charge is 0.271 e. The summed E-state index contributed by atoms with van der Waals surface area (Å²) in [6.45, 7) is 1.04. The molecule has 2 heterocycles. The molecule has 3 aromatic rings. The Kier molecular flexibility index (Phi) is 4.63. The fourth-order valence-corrected chi connectivity index (χ4v) is 2.32. The number of rotatable bonds is 5. The monoisotopic (exact) mass is 327 g/mol. The fraction of sp³-hybridized carbons (Fsp3) is 0.125. The highest BCUT2D eigenvalue weighted by Crippen LogP contribution is 2.23. The zero-order valence-corrected chi connectivity index (χ0v) is 12.9. The van der Waals surface area contributed by atoms with E-state index < -0.39 is 0 Å². The van der Waals surface area contributed by atoms with E-state index in [4.69, 9.17) is 11.6 Å². The van der Waals surface area contributed by atoms with Crippen molar-refractivity contribution in [2.75, 3.05) is 18.4 Å². The molecule has 0 saturated carbocycles. The molecule has 23 heavy (non-hydrogen) atoms. The zero-order chi connectivity index (χ0) is 16.1. The second kappa shape index (κ2) is 7.02. The molecule has 0 spiro atoms. The number of carbonyl (C=O) groups excluding carboxylic acids is 1. The van der Waals surface area contributed by atoms with Gasteiger partial charge in [-0.3, -0.25) is 14.8 Å². The topological polar surface area (TPSA) is 79.8 Å². The predicted molar refractivity (Wildman–Crippen MR) is 89.6 cm³/mol. The first-order valence-electron chi connectivity index (χ1n) is 7.06. The molecule has 3 rings (SSSR count). The van der Waals surface area contributed by atoms with E-state index in [-0.39, 0.29) is 5.91 Å². The van der Waals surface area contributed by atoms with Crippen LogP contribution in [0.5, 0.6) is 0 Å². The highest BCUT2D eigenvalue weighted by atomic mass is 35.5. The molecule has 0 fully saturated rings. The van der Waals surface area contributed by atoms with E-state index in [2.05, 4.69) is 25.6 Å². The highest BCUT2D eigenvalue weighted by Gasteiger charge is 2.06. The van der Waals surface area contributed by atoms with Crippen LogP contribution in [0.2, 0.25) is 5.02 Å². The predicted octanol–water partition coefficient (Wildman–Crippen LogP) is 2.52. The lowest BCUT2D eigenvalue weighted by atomic mass is 10.2. The largest absolute Gasteiger partial charge is 0.383 e. The van der Waals surface area contributed by atoms with Gasteiger partial charge < -0.3 is 10.6 Å². The van der Waals surface area contributed by atoms with Crippen LogP contribution in [-0.2, 0) is 0 Å². The Bertz CT molecular complexity index is 825.